The van der Waals surface area contributed by atoms with Crippen molar-refractivity contribution in [1.82, 2.24) is 0 Å². The second-order valence-electron chi connectivity index (χ2n) is 4.28. The highest BCUT2D eigenvalue weighted by atomic mass is 16.4. The van der Waals surface area contributed by atoms with E-state index in [9.17, 15) is 4.79 Å². The number of para-hydroxylation sites is 1. The number of carboxylic acids is 1. The van der Waals surface area contributed by atoms with Crippen molar-refractivity contribution < 1.29 is 14.3 Å². The molecule has 2 rings (SSSR count). The summed E-state index contributed by atoms with van der Waals surface area (Å²) in [5.41, 5.74) is 1.00. The first-order chi connectivity index (χ1) is 9.22. The highest BCUT2D eigenvalue weighted by Gasteiger charge is 2.15. The molecule has 0 saturated heterocycles. The number of anilines is 2. The molecule has 2 aromatic rings. The fourth-order valence-electron chi connectivity index (χ4n) is 1.88. The van der Waals surface area contributed by atoms with Crippen LogP contribution in [0, 0.1) is 0 Å². The summed E-state index contributed by atoms with van der Waals surface area (Å²) in [4.78, 5) is 12.9. The number of hydrogen-bond donors (Lipinski definition) is 1. The number of carbonyl (C=O) groups is 1. The first-order valence-corrected chi connectivity index (χ1v) is 6.38. The third-order valence-electron chi connectivity index (χ3n) is 2.87. The van der Waals surface area contributed by atoms with Crippen molar-refractivity contribution in [2.75, 3.05) is 11.4 Å². The van der Waals surface area contributed by atoms with E-state index in [1.807, 2.05) is 35.2 Å². The predicted molar refractivity (Wildman–Crippen MR) is 74.0 cm³/mol. The van der Waals surface area contributed by atoms with E-state index >= 15 is 0 Å². The fraction of sp³-hybridized carbons (Fsp3) is 0.267. The molecule has 4 nitrogen and oxygen atoms in total. The number of benzene rings is 1. The van der Waals surface area contributed by atoms with Gasteiger partial charge in [0.1, 0.15) is 0 Å². The summed E-state index contributed by atoms with van der Waals surface area (Å²) in [6.07, 6.45) is 2.08. The van der Waals surface area contributed by atoms with E-state index in [-0.39, 0.29) is 5.76 Å². The standard InChI is InChI=1S/C15H17NO3/c1-2-3-11-16(12-7-5-4-6-8-12)14-10-9-13(19-14)15(17)18/h4-10H,2-3,11H2,1H3,(H,17,18). The summed E-state index contributed by atoms with van der Waals surface area (Å²) in [5, 5.41) is 8.91. The van der Waals surface area contributed by atoms with Gasteiger partial charge in [0, 0.05) is 18.3 Å². The molecule has 1 aromatic carbocycles. The van der Waals surface area contributed by atoms with Crippen LogP contribution in [0.5, 0.6) is 0 Å². The molecular formula is C15H17NO3. The highest BCUT2D eigenvalue weighted by Crippen LogP contribution is 2.27. The van der Waals surface area contributed by atoms with E-state index in [4.69, 9.17) is 9.52 Å². The van der Waals surface area contributed by atoms with Crippen LogP contribution in [-0.2, 0) is 0 Å². The van der Waals surface area contributed by atoms with E-state index in [1.54, 1.807) is 6.07 Å². The number of unbranched alkanes of at least 4 members (excludes halogenated alkanes) is 1. The van der Waals surface area contributed by atoms with Crippen molar-refractivity contribution in [3.05, 3.63) is 48.2 Å². The minimum Gasteiger partial charge on any atom is -0.475 e. The minimum atomic E-state index is -1.05. The Labute approximate surface area is 112 Å². The summed E-state index contributed by atoms with van der Waals surface area (Å²) in [5.74, 6) is -0.515. The maximum Gasteiger partial charge on any atom is 0.371 e. The second kappa shape index (κ2) is 6.09. The van der Waals surface area contributed by atoms with Gasteiger partial charge in [0.15, 0.2) is 0 Å². The molecule has 0 saturated carbocycles. The van der Waals surface area contributed by atoms with Gasteiger partial charge >= 0.3 is 5.97 Å². The van der Waals surface area contributed by atoms with Crippen LogP contribution in [0.1, 0.15) is 30.3 Å². The first-order valence-electron chi connectivity index (χ1n) is 6.38. The van der Waals surface area contributed by atoms with E-state index in [1.165, 1.54) is 6.07 Å². The number of aromatic carboxylic acids is 1. The summed E-state index contributed by atoms with van der Waals surface area (Å²) < 4.78 is 5.39. The quantitative estimate of drug-likeness (QED) is 0.854. The number of carboxylic acid groups (broad SMARTS) is 1. The largest absolute Gasteiger partial charge is 0.475 e. The molecular weight excluding hydrogens is 242 g/mol. The van der Waals surface area contributed by atoms with E-state index in [2.05, 4.69) is 6.92 Å². The topological polar surface area (TPSA) is 53.7 Å². The number of rotatable bonds is 6. The van der Waals surface area contributed by atoms with Crippen molar-refractivity contribution in [1.29, 1.82) is 0 Å². The van der Waals surface area contributed by atoms with Crippen LogP contribution in [-0.4, -0.2) is 17.6 Å². The van der Waals surface area contributed by atoms with Gasteiger partial charge in [0.2, 0.25) is 11.6 Å². The number of nitrogens with zero attached hydrogens (tertiary/aromatic N) is 1. The molecule has 0 radical (unpaired) electrons. The van der Waals surface area contributed by atoms with Crippen LogP contribution in [0.15, 0.2) is 46.9 Å². The second-order valence-corrected chi connectivity index (χ2v) is 4.28. The fourth-order valence-corrected chi connectivity index (χ4v) is 1.88. The number of hydrogen-bond acceptors (Lipinski definition) is 3. The maximum atomic E-state index is 10.9. The Bertz CT molecular complexity index is 533. The third-order valence-corrected chi connectivity index (χ3v) is 2.87. The molecule has 0 amide bonds. The normalized spacial score (nSPS) is 10.4. The van der Waals surface area contributed by atoms with Crippen molar-refractivity contribution in [2.24, 2.45) is 0 Å². The van der Waals surface area contributed by atoms with Crippen molar-refractivity contribution in [3.63, 3.8) is 0 Å². The Balaban J connectivity index is 2.28. The lowest BCUT2D eigenvalue weighted by Gasteiger charge is -2.21. The van der Waals surface area contributed by atoms with Gasteiger partial charge in [0.05, 0.1) is 0 Å². The Kier molecular flexibility index (Phi) is 4.23. The molecule has 1 heterocycles. The van der Waals surface area contributed by atoms with Gasteiger partial charge in [0.25, 0.3) is 0 Å². The van der Waals surface area contributed by atoms with Crippen LogP contribution in [0.25, 0.3) is 0 Å². The van der Waals surface area contributed by atoms with Crippen LogP contribution in [0.3, 0.4) is 0 Å². The monoisotopic (exact) mass is 259 g/mol. The zero-order chi connectivity index (χ0) is 13.7. The van der Waals surface area contributed by atoms with Crippen LogP contribution in [0.4, 0.5) is 11.6 Å². The molecule has 100 valence electrons. The molecule has 19 heavy (non-hydrogen) atoms. The molecule has 0 unspecified atom stereocenters. The predicted octanol–water partition coefficient (Wildman–Crippen LogP) is 3.92. The first kappa shape index (κ1) is 13.2. The maximum absolute atomic E-state index is 10.9. The lowest BCUT2D eigenvalue weighted by Crippen LogP contribution is -2.17. The molecule has 0 aliphatic heterocycles. The average Bonchev–Trinajstić information content (AvgIpc) is 2.90. The van der Waals surface area contributed by atoms with E-state index < -0.39 is 5.97 Å². The third kappa shape index (κ3) is 3.16. The Morgan fingerprint density at radius 2 is 1.95 bits per heavy atom. The Morgan fingerprint density at radius 1 is 1.21 bits per heavy atom. The van der Waals surface area contributed by atoms with Crippen LogP contribution < -0.4 is 4.90 Å². The van der Waals surface area contributed by atoms with Gasteiger partial charge in [-0.2, -0.15) is 0 Å². The van der Waals surface area contributed by atoms with E-state index in [0.717, 1.165) is 25.1 Å². The number of furan rings is 1. The van der Waals surface area contributed by atoms with Gasteiger partial charge < -0.3 is 14.4 Å². The zero-order valence-electron chi connectivity index (χ0n) is 10.9. The molecule has 1 aromatic heterocycles. The molecule has 0 bridgehead atoms. The molecule has 4 heteroatoms. The molecule has 0 spiro atoms. The molecule has 0 fully saturated rings. The SMILES string of the molecule is CCCCN(c1ccccc1)c1ccc(C(=O)O)o1. The van der Waals surface area contributed by atoms with Crippen molar-refractivity contribution in [2.45, 2.75) is 19.8 Å². The molecule has 1 N–H and O–H groups in total. The zero-order valence-corrected chi connectivity index (χ0v) is 10.9. The minimum absolute atomic E-state index is 0.0348. The smallest absolute Gasteiger partial charge is 0.371 e. The summed E-state index contributed by atoms with van der Waals surface area (Å²) in [7, 11) is 0. The molecule has 0 atom stereocenters. The van der Waals surface area contributed by atoms with Crippen molar-refractivity contribution in [3.8, 4) is 0 Å². The Morgan fingerprint density at radius 3 is 2.53 bits per heavy atom. The van der Waals surface area contributed by atoms with Gasteiger partial charge in [-0.1, -0.05) is 31.5 Å². The summed E-state index contributed by atoms with van der Waals surface area (Å²) in [6, 6.07) is 13.0. The molecule has 0 aliphatic carbocycles. The van der Waals surface area contributed by atoms with E-state index in [0.29, 0.717) is 5.88 Å². The van der Waals surface area contributed by atoms with Crippen LogP contribution >= 0.6 is 0 Å². The van der Waals surface area contributed by atoms with Gasteiger partial charge in [-0.05, 0) is 24.6 Å². The summed E-state index contributed by atoms with van der Waals surface area (Å²) >= 11 is 0. The lowest BCUT2D eigenvalue weighted by molar-refractivity contribution is 0.0663. The average molecular weight is 259 g/mol. The van der Waals surface area contributed by atoms with Gasteiger partial charge in [-0.25, -0.2) is 4.79 Å². The van der Waals surface area contributed by atoms with Crippen molar-refractivity contribution >= 4 is 17.5 Å². The summed E-state index contributed by atoms with van der Waals surface area (Å²) in [6.45, 7) is 2.92. The lowest BCUT2D eigenvalue weighted by atomic mass is 10.2. The van der Waals surface area contributed by atoms with Crippen LogP contribution in [0.2, 0.25) is 0 Å². The van der Waals surface area contributed by atoms with Gasteiger partial charge in [-0.3, -0.25) is 0 Å². The Hall–Kier alpha value is -2.23. The molecule has 0 aliphatic rings. The highest BCUT2D eigenvalue weighted by molar-refractivity contribution is 5.85. The van der Waals surface area contributed by atoms with Gasteiger partial charge in [-0.15, -0.1) is 0 Å².